The first-order valence-electron chi connectivity index (χ1n) is 7.24. The quantitative estimate of drug-likeness (QED) is 0.902. The van der Waals surface area contributed by atoms with E-state index in [1.807, 2.05) is 0 Å². The van der Waals surface area contributed by atoms with Crippen LogP contribution >= 0.6 is 0 Å². The number of rotatable bonds is 3. The van der Waals surface area contributed by atoms with Gasteiger partial charge >= 0.3 is 0 Å². The van der Waals surface area contributed by atoms with Crippen molar-refractivity contribution in [3.8, 4) is 5.75 Å². The fraction of sp³-hybridized carbons (Fsp3) is 0.333. The van der Waals surface area contributed by atoms with Crippen LogP contribution in [0.4, 0.5) is 5.69 Å². The smallest absolute Gasteiger partial charge is 0.119 e. The van der Waals surface area contributed by atoms with Crippen LogP contribution in [0.2, 0.25) is 0 Å². The molecule has 104 valence electrons. The molecule has 2 aromatic rings. The van der Waals surface area contributed by atoms with Gasteiger partial charge in [-0.2, -0.15) is 0 Å². The van der Waals surface area contributed by atoms with Crippen LogP contribution < -0.4 is 10.1 Å². The molecule has 0 saturated heterocycles. The molecule has 0 spiro atoms. The minimum absolute atomic E-state index is 0.611. The highest BCUT2D eigenvalue weighted by Gasteiger charge is 2.20. The summed E-state index contributed by atoms with van der Waals surface area (Å²) in [4.78, 5) is 0. The highest BCUT2D eigenvalue weighted by atomic mass is 16.5. The van der Waals surface area contributed by atoms with Gasteiger partial charge in [0.1, 0.15) is 5.75 Å². The summed E-state index contributed by atoms with van der Waals surface area (Å²) in [5.74, 6) is 1.55. The Morgan fingerprint density at radius 1 is 1.20 bits per heavy atom. The Morgan fingerprint density at radius 3 is 2.85 bits per heavy atom. The fourth-order valence-electron chi connectivity index (χ4n) is 3.05. The molecule has 2 aromatic carbocycles. The standard InChI is InChI=1S/C18H21NO/c1-13-11-16(20-2)8-7-14(13)12-15-9-10-19-18-6-4-3-5-17(15)18/h3-8,11,15,19H,9-10,12H2,1-2H3. The number of nitrogens with one attached hydrogen (secondary N) is 1. The SMILES string of the molecule is COc1ccc(CC2CCNc3ccccc32)c(C)c1. The van der Waals surface area contributed by atoms with Gasteiger partial charge in [-0.3, -0.25) is 0 Å². The second kappa shape index (κ2) is 5.58. The zero-order valence-electron chi connectivity index (χ0n) is 12.1. The number of anilines is 1. The maximum atomic E-state index is 5.29. The van der Waals surface area contributed by atoms with Crippen LogP contribution in [0.25, 0.3) is 0 Å². The number of aryl methyl sites for hydroxylation is 1. The molecular weight excluding hydrogens is 246 g/mol. The summed E-state index contributed by atoms with van der Waals surface area (Å²) in [6, 6.07) is 15.1. The highest BCUT2D eigenvalue weighted by molar-refractivity contribution is 5.55. The molecule has 0 aromatic heterocycles. The van der Waals surface area contributed by atoms with Crippen molar-refractivity contribution in [1.29, 1.82) is 0 Å². The van der Waals surface area contributed by atoms with Crippen LogP contribution in [-0.2, 0) is 6.42 Å². The van der Waals surface area contributed by atoms with Crippen molar-refractivity contribution in [2.24, 2.45) is 0 Å². The van der Waals surface area contributed by atoms with E-state index in [9.17, 15) is 0 Å². The molecule has 0 radical (unpaired) electrons. The zero-order valence-corrected chi connectivity index (χ0v) is 12.1. The average molecular weight is 267 g/mol. The predicted octanol–water partition coefficient (Wildman–Crippen LogP) is 4.15. The Balaban J connectivity index is 1.85. The molecule has 0 fully saturated rings. The number of benzene rings is 2. The van der Waals surface area contributed by atoms with E-state index in [1.54, 1.807) is 7.11 Å². The third-order valence-electron chi connectivity index (χ3n) is 4.22. The van der Waals surface area contributed by atoms with Gasteiger partial charge in [-0.05, 0) is 60.6 Å². The molecule has 1 heterocycles. The summed E-state index contributed by atoms with van der Waals surface area (Å²) >= 11 is 0. The Bertz CT molecular complexity index is 606. The molecule has 0 bridgehead atoms. The number of hydrogen-bond acceptors (Lipinski definition) is 2. The first-order valence-corrected chi connectivity index (χ1v) is 7.24. The fourth-order valence-corrected chi connectivity index (χ4v) is 3.05. The summed E-state index contributed by atoms with van der Waals surface area (Å²) in [6.07, 6.45) is 2.30. The van der Waals surface area contributed by atoms with Crippen molar-refractivity contribution in [1.82, 2.24) is 0 Å². The molecule has 0 saturated carbocycles. The lowest BCUT2D eigenvalue weighted by molar-refractivity contribution is 0.414. The number of methoxy groups -OCH3 is 1. The summed E-state index contributed by atoms with van der Waals surface area (Å²) in [6.45, 7) is 3.24. The van der Waals surface area contributed by atoms with Crippen LogP contribution in [-0.4, -0.2) is 13.7 Å². The normalized spacial score (nSPS) is 17.2. The van der Waals surface area contributed by atoms with Crippen LogP contribution in [0.5, 0.6) is 5.75 Å². The topological polar surface area (TPSA) is 21.3 Å². The molecule has 0 aliphatic carbocycles. The Hall–Kier alpha value is -1.96. The van der Waals surface area contributed by atoms with Crippen LogP contribution in [0.15, 0.2) is 42.5 Å². The summed E-state index contributed by atoms with van der Waals surface area (Å²) in [5, 5.41) is 3.49. The van der Waals surface area contributed by atoms with Gasteiger partial charge in [0.25, 0.3) is 0 Å². The molecule has 2 heteroatoms. The molecule has 1 unspecified atom stereocenters. The molecule has 1 N–H and O–H groups in total. The number of para-hydroxylation sites is 1. The molecule has 20 heavy (non-hydrogen) atoms. The monoisotopic (exact) mass is 267 g/mol. The number of ether oxygens (including phenoxy) is 1. The van der Waals surface area contributed by atoms with Gasteiger partial charge in [0, 0.05) is 12.2 Å². The van der Waals surface area contributed by atoms with Crippen molar-refractivity contribution >= 4 is 5.69 Å². The van der Waals surface area contributed by atoms with E-state index in [1.165, 1.54) is 28.8 Å². The van der Waals surface area contributed by atoms with Crippen molar-refractivity contribution < 1.29 is 4.74 Å². The van der Waals surface area contributed by atoms with Crippen LogP contribution in [0.1, 0.15) is 29.0 Å². The van der Waals surface area contributed by atoms with Crippen LogP contribution in [0, 0.1) is 6.92 Å². The molecule has 1 aliphatic heterocycles. The Morgan fingerprint density at radius 2 is 2.05 bits per heavy atom. The van der Waals surface area contributed by atoms with Gasteiger partial charge in [-0.1, -0.05) is 24.3 Å². The van der Waals surface area contributed by atoms with Crippen molar-refractivity contribution in [3.63, 3.8) is 0 Å². The molecule has 1 atom stereocenters. The summed E-state index contributed by atoms with van der Waals surface area (Å²) < 4.78 is 5.29. The molecular formula is C18H21NO. The van der Waals surface area contributed by atoms with E-state index in [0.717, 1.165) is 18.7 Å². The van der Waals surface area contributed by atoms with Crippen molar-refractivity contribution in [2.45, 2.75) is 25.7 Å². The van der Waals surface area contributed by atoms with Gasteiger partial charge in [0.2, 0.25) is 0 Å². The Labute approximate surface area is 120 Å². The molecule has 1 aliphatic rings. The largest absolute Gasteiger partial charge is 0.497 e. The van der Waals surface area contributed by atoms with Crippen LogP contribution in [0.3, 0.4) is 0 Å². The maximum absolute atomic E-state index is 5.29. The van der Waals surface area contributed by atoms with E-state index < -0.39 is 0 Å². The van der Waals surface area contributed by atoms with E-state index in [-0.39, 0.29) is 0 Å². The molecule has 0 amide bonds. The number of fused-ring (bicyclic) bond motifs is 1. The summed E-state index contributed by atoms with van der Waals surface area (Å²) in [7, 11) is 1.72. The first-order chi connectivity index (χ1) is 9.78. The van der Waals surface area contributed by atoms with E-state index in [4.69, 9.17) is 4.74 Å². The van der Waals surface area contributed by atoms with Gasteiger partial charge in [-0.25, -0.2) is 0 Å². The predicted molar refractivity (Wildman–Crippen MR) is 83.7 cm³/mol. The lowest BCUT2D eigenvalue weighted by Crippen LogP contribution is -2.18. The lowest BCUT2D eigenvalue weighted by atomic mass is 9.85. The van der Waals surface area contributed by atoms with Gasteiger partial charge in [0.05, 0.1) is 7.11 Å². The van der Waals surface area contributed by atoms with Crippen molar-refractivity contribution in [2.75, 3.05) is 19.0 Å². The third kappa shape index (κ3) is 2.51. The van der Waals surface area contributed by atoms with Gasteiger partial charge in [0.15, 0.2) is 0 Å². The molecule has 2 nitrogen and oxygen atoms in total. The van der Waals surface area contributed by atoms with Gasteiger partial charge in [-0.15, -0.1) is 0 Å². The number of hydrogen-bond donors (Lipinski definition) is 1. The average Bonchev–Trinajstić information content (AvgIpc) is 2.49. The third-order valence-corrected chi connectivity index (χ3v) is 4.22. The van der Waals surface area contributed by atoms with E-state index in [2.05, 4.69) is 54.7 Å². The van der Waals surface area contributed by atoms with Gasteiger partial charge < -0.3 is 10.1 Å². The minimum Gasteiger partial charge on any atom is -0.497 e. The van der Waals surface area contributed by atoms with Crippen molar-refractivity contribution in [3.05, 3.63) is 59.2 Å². The summed E-state index contributed by atoms with van der Waals surface area (Å²) in [5.41, 5.74) is 5.50. The van der Waals surface area contributed by atoms with E-state index >= 15 is 0 Å². The zero-order chi connectivity index (χ0) is 13.9. The maximum Gasteiger partial charge on any atom is 0.119 e. The highest BCUT2D eigenvalue weighted by Crippen LogP contribution is 2.34. The van der Waals surface area contributed by atoms with E-state index in [0.29, 0.717) is 5.92 Å². The minimum atomic E-state index is 0.611. The first kappa shape index (κ1) is 13.0. The second-order valence-electron chi connectivity index (χ2n) is 5.50. The lowest BCUT2D eigenvalue weighted by Gasteiger charge is -2.27. The molecule has 3 rings (SSSR count). The Kier molecular flexibility index (Phi) is 3.64. The second-order valence-corrected chi connectivity index (χ2v) is 5.50.